The number of carbonyl (C=O) groups excluding carboxylic acids is 3. The van der Waals surface area contributed by atoms with E-state index in [9.17, 15) is 24.5 Å². The molecule has 5 rings (SSSR count). The topological polar surface area (TPSA) is 167 Å². The summed E-state index contributed by atoms with van der Waals surface area (Å²) in [6.45, 7) is 0. The second-order valence-corrected chi connectivity index (χ2v) is 8.86. The molecule has 0 aliphatic carbocycles. The standard InChI is InChI=1S/C31H21N5O7/c37-27(19-14-20-6-4-5-9-26(20)42-30(39)23-7-2-1-3-8-23)32-24-15-10-21(11-16-24)28(38)33-31-35-34-29(43-31)22-12-17-25(18-13-22)36(40)41/h1-19H,(H,32,37)(H,33,35,38)/b19-14+. The van der Waals surface area contributed by atoms with Gasteiger partial charge in [0.2, 0.25) is 11.8 Å². The van der Waals surface area contributed by atoms with E-state index >= 15 is 0 Å². The molecule has 1 aromatic heterocycles. The van der Waals surface area contributed by atoms with E-state index in [4.69, 9.17) is 9.15 Å². The van der Waals surface area contributed by atoms with Crippen molar-refractivity contribution in [3.8, 4) is 17.2 Å². The summed E-state index contributed by atoms with van der Waals surface area (Å²) in [6, 6.07) is 26.8. The minimum atomic E-state index is -0.529. The molecule has 12 nitrogen and oxygen atoms in total. The Morgan fingerprint density at radius 2 is 1.49 bits per heavy atom. The molecule has 4 aromatic carbocycles. The van der Waals surface area contributed by atoms with Crippen LogP contribution in [0.2, 0.25) is 0 Å². The molecule has 212 valence electrons. The average Bonchev–Trinajstić information content (AvgIpc) is 3.50. The molecule has 0 spiro atoms. The molecule has 0 radical (unpaired) electrons. The lowest BCUT2D eigenvalue weighted by atomic mass is 10.1. The van der Waals surface area contributed by atoms with Gasteiger partial charge in [0.1, 0.15) is 5.75 Å². The molecule has 0 saturated carbocycles. The summed E-state index contributed by atoms with van der Waals surface area (Å²) in [7, 11) is 0. The fraction of sp³-hybridized carbons (Fsp3) is 0. The highest BCUT2D eigenvalue weighted by molar-refractivity contribution is 6.05. The van der Waals surface area contributed by atoms with Crippen molar-refractivity contribution in [1.82, 2.24) is 10.2 Å². The Labute approximate surface area is 243 Å². The molecule has 0 fully saturated rings. The fourth-order valence-corrected chi connectivity index (χ4v) is 3.78. The van der Waals surface area contributed by atoms with Gasteiger partial charge in [-0.1, -0.05) is 41.5 Å². The predicted octanol–water partition coefficient (Wildman–Crippen LogP) is 5.77. The van der Waals surface area contributed by atoms with Crippen LogP contribution in [0.15, 0.2) is 114 Å². The molecule has 0 bridgehead atoms. The Balaban J connectivity index is 1.16. The van der Waals surface area contributed by atoms with E-state index in [2.05, 4.69) is 20.8 Å². The molecule has 0 atom stereocenters. The summed E-state index contributed by atoms with van der Waals surface area (Å²) in [5.41, 5.74) is 2.00. The first-order chi connectivity index (χ1) is 20.9. The summed E-state index contributed by atoms with van der Waals surface area (Å²) >= 11 is 0. The Morgan fingerprint density at radius 1 is 0.791 bits per heavy atom. The van der Waals surface area contributed by atoms with Crippen molar-refractivity contribution >= 4 is 41.2 Å². The third-order valence-electron chi connectivity index (χ3n) is 5.93. The third-order valence-corrected chi connectivity index (χ3v) is 5.93. The first-order valence-corrected chi connectivity index (χ1v) is 12.7. The smallest absolute Gasteiger partial charge is 0.343 e. The normalized spacial score (nSPS) is 10.7. The van der Waals surface area contributed by atoms with Gasteiger partial charge in [0.25, 0.3) is 11.6 Å². The number of aromatic nitrogens is 2. The average molecular weight is 576 g/mol. The maximum Gasteiger partial charge on any atom is 0.343 e. The molecule has 0 aliphatic rings. The zero-order valence-corrected chi connectivity index (χ0v) is 22.2. The molecule has 0 unspecified atom stereocenters. The first-order valence-electron chi connectivity index (χ1n) is 12.7. The molecular formula is C31H21N5O7. The van der Waals surface area contributed by atoms with E-state index < -0.39 is 22.7 Å². The van der Waals surface area contributed by atoms with Gasteiger partial charge in [-0.25, -0.2) is 4.79 Å². The number of nitrogens with one attached hydrogen (secondary N) is 2. The summed E-state index contributed by atoms with van der Waals surface area (Å²) in [4.78, 5) is 47.9. The number of carbonyl (C=O) groups is 3. The van der Waals surface area contributed by atoms with Crippen molar-refractivity contribution in [2.45, 2.75) is 0 Å². The van der Waals surface area contributed by atoms with Crippen LogP contribution in [-0.2, 0) is 4.79 Å². The van der Waals surface area contributed by atoms with Gasteiger partial charge in [0.05, 0.1) is 10.5 Å². The molecule has 2 amide bonds. The molecule has 1 heterocycles. The fourth-order valence-electron chi connectivity index (χ4n) is 3.78. The molecular weight excluding hydrogens is 554 g/mol. The number of para-hydroxylation sites is 1. The monoisotopic (exact) mass is 575 g/mol. The maximum absolute atomic E-state index is 12.6. The van der Waals surface area contributed by atoms with Gasteiger partial charge in [0, 0.05) is 40.6 Å². The number of hydrogen-bond acceptors (Lipinski definition) is 9. The minimum absolute atomic E-state index is 0.0771. The van der Waals surface area contributed by atoms with Crippen molar-refractivity contribution in [3.05, 3.63) is 136 Å². The van der Waals surface area contributed by atoms with Crippen LogP contribution in [0.3, 0.4) is 0 Å². The van der Waals surface area contributed by atoms with Gasteiger partial charge < -0.3 is 14.5 Å². The summed E-state index contributed by atoms with van der Waals surface area (Å²) < 4.78 is 10.9. The predicted molar refractivity (Wildman–Crippen MR) is 156 cm³/mol. The van der Waals surface area contributed by atoms with E-state index in [0.29, 0.717) is 28.1 Å². The number of benzene rings is 4. The number of rotatable bonds is 9. The van der Waals surface area contributed by atoms with Crippen molar-refractivity contribution in [2.75, 3.05) is 10.6 Å². The van der Waals surface area contributed by atoms with Crippen LogP contribution in [0, 0.1) is 10.1 Å². The second kappa shape index (κ2) is 12.8. The lowest BCUT2D eigenvalue weighted by Gasteiger charge is -2.07. The quantitative estimate of drug-likeness (QED) is 0.0729. The van der Waals surface area contributed by atoms with E-state index in [1.165, 1.54) is 48.6 Å². The Hall–Kier alpha value is -6.43. The van der Waals surface area contributed by atoms with E-state index in [1.807, 2.05) is 0 Å². The molecule has 43 heavy (non-hydrogen) atoms. The van der Waals surface area contributed by atoms with Gasteiger partial charge >= 0.3 is 12.0 Å². The van der Waals surface area contributed by atoms with E-state index in [1.54, 1.807) is 66.7 Å². The number of nitro groups is 1. The van der Waals surface area contributed by atoms with Gasteiger partial charge in [-0.15, -0.1) is 5.10 Å². The molecule has 0 saturated heterocycles. The lowest BCUT2D eigenvalue weighted by Crippen LogP contribution is -2.13. The van der Waals surface area contributed by atoms with Crippen LogP contribution < -0.4 is 15.4 Å². The maximum atomic E-state index is 12.6. The number of hydrogen-bond donors (Lipinski definition) is 2. The number of nitro benzene ring substituents is 1. The highest BCUT2D eigenvalue weighted by Gasteiger charge is 2.15. The van der Waals surface area contributed by atoms with Crippen molar-refractivity contribution in [2.24, 2.45) is 0 Å². The summed E-state index contributed by atoms with van der Waals surface area (Å²) in [5, 5.41) is 23.6. The molecule has 12 heteroatoms. The van der Waals surface area contributed by atoms with Crippen LogP contribution in [0.4, 0.5) is 17.4 Å². The number of ether oxygens (including phenoxy) is 1. The van der Waals surface area contributed by atoms with Gasteiger partial charge in [-0.2, -0.15) is 0 Å². The van der Waals surface area contributed by atoms with Crippen LogP contribution in [-0.4, -0.2) is 32.9 Å². The van der Waals surface area contributed by atoms with Gasteiger partial charge in [-0.3, -0.25) is 25.0 Å². The number of esters is 1. The van der Waals surface area contributed by atoms with Crippen LogP contribution >= 0.6 is 0 Å². The highest BCUT2D eigenvalue weighted by Crippen LogP contribution is 2.23. The van der Waals surface area contributed by atoms with Crippen LogP contribution in [0.1, 0.15) is 26.3 Å². The van der Waals surface area contributed by atoms with Gasteiger partial charge in [0.15, 0.2) is 0 Å². The number of anilines is 2. The lowest BCUT2D eigenvalue weighted by molar-refractivity contribution is -0.384. The van der Waals surface area contributed by atoms with Crippen molar-refractivity contribution in [1.29, 1.82) is 0 Å². The Morgan fingerprint density at radius 3 is 2.21 bits per heavy atom. The largest absolute Gasteiger partial charge is 0.422 e. The zero-order chi connectivity index (χ0) is 30.2. The molecule has 2 N–H and O–H groups in total. The minimum Gasteiger partial charge on any atom is -0.422 e. The molecule has 5 aromatic rings. The zero-order valence-electron chi connectivity index (χ0n) is 22.2. The number of non-ortho nitro benzene ring substituents is 1. The summed E-state index contributed by atoms with van der Waals surface area (Å²) in [5.74, 6) is -1.10. The van der Waals surface area contributed by atoms with Crippen molar-refractivity contribution < 1.29 is 28.5 Å². The SMILES string of the molecule is O=C(/C=C/c1ccccc1OC(=O)c1ccccc1)Nc1ccc(C(=O)Nc2nnc(-c3ccc([N+](=O)[O-])cc3)o2)cc1. The van der Waals surface area contributed by atoms with Gasteiger partial charge in [-0.05, 0) is 60.7 Å². The van der Waals surface area contributed by atoms with Crippen LogP contribution in [0.25, 0.3) is 17.5 Å². The third kappa shape index (κ3) is 7.21. The Kier molecular flexibility index (Phi) is 8.39. The van der Waals surface area contributed by atoms with E-state index in [0.717, 1.165) is 0 Å². The summed E-state index contributed by atoms with van der Waals surface area (Å²) in [6.07, 6.45) is 2.83. The number of amides is 2. The molecule has 0 aliphatic heterocycles. The van der Waals surface area contributed by atoms with Crippen LogP contribution in [0.5, 0.6) is 5.75 Å². The van der Waals surface area contributed by atoms with Crippen molar-refractivity contribution in [3.63, 3.8) is 0 Å². The highest BCUT2D eigenvalue weighted by atomic mass is 16.6. The first kappa shape index (κ1) is 28.1. The Bertz CT molecular complexity index is 1820. The number of nitrogens with zero attached hydrogens (tertiary/aromatic N) is 3. The van der Waals surface area contributed by atoms with E-state index in [-0.39, 0.29) is 23.2 Å². The second-order valence-electron chi connectivity index (χ2n) is 8.86.